The van der Waals surface area contributed by atoms with Crippen molar-refractivity contribution < 1.29 is 4.74 Å². The Balaban J connectivity index is 1.64. The number of benzene rings is 1. The van der Waals surface area contributed by atoms with E-state index in [1.165, 1.54) is 70.2 Å². The van der Waals surface area contributed by atoms with Crippen molar-refractivity contribution in [2.75, 3.05) is 7.11 Å². The van der Waals surface area contributed by atoms with E-state index in [2.05, 4.69) is 58.1 Å². The third-order valence-electron chi connectivity index (χ3n) is 8.51. The van der Waals surface area contributed by atoms with E-state index in [0.29, 0.717) is 6.04 Å². The van der Waals surface area contributed by atoms with Crippen LogP contribution in [0.1, 0.15) is 83.7 Å². The Morgan fingerprint density at radius 2 is 1.64 bits per heavy atom. The SMILES string of the molecule is CCC[CH2][Sn]([CH2]CCC)([CH2]CCC)[c]1cc(OC)c2nc(-c3cncc(Cn4ccnc4)c3)n(C3CC3)c2c1. The fourth-order valence-electron chi connectivity index (χ4n) is 6.17. The molecule has 0 saturated heterocycles. The second-order valence-corrected chi connectivity index (χ2v) is 24.7. The molecule has 3 heterocycles. The molecule has 0 radical (unpaired) electrons. The Kier molecular flexibility index (Phi) is 9.31. The number of rotatable bonds is 15. The second-order valence-electron chi connectivity index (χ2n) is 11.5. The molecular weight excluding hydrogens is 589 g/mol. The van der Waals surface area contributed by atoms with Gasteiger partial charge in [-0.1, -0.05) is 0 Å². The molecule has 1 aromatic carbocycles. The van der Waals surface area contributed by atoms with Gasteiger partial charge >= 0.3 is 239 Å². The number of imidazole rings is 2. The summed E-state index contributed by atoms with van der Waals surface area (Å²) in [5, 5.41) is 0. The summed E-state index contributed by atoms with van der Waals surface area (Å²) >= 11 is -2.66. The fourth-order valence-corrected chi connectivity index (χ4v) is 22.1. The molecular formula is C32H45N5OSn. The average Bonchev–Trinajstić information content (AvgIpc) is 3.52. The predicted octanol–water partition coefficient (Wildman–Crippen LogP) is 7.74. The van der Waals surface area contributed by atoms with Gasteiger partial charge in [0.2, 0.25) is 0 Å². The number of unbranched alkanes of at least 4 members (excludes halogenated alkanes) is 3. The van der Waals surface area contributed by atoms with Gasteiger partial charge in [0.25, 0.3) is 0 Å². The van der Waals surface area contributed by atoms with E-state index in [0.717, 1.165) is 34.8 Å². The van der Waals surface area contributed by atoms with E-state index in [1.54, 1.807) is 3.58 Å². The van der Waals surface area contributed by atoms with Crippen LogP contribution in [0.5, 0.6) is 5.75 Å². The predicted molar refractivity (Wildman–Crippen MR) is 164 cm³/mol. The summed E-state index contributed by atoms with van der Waals surface area (Å²) in [6.45, 7) is 7.80. The van der Waals surface area contributed by atoms with Crippen LogP contribution in [-0.2, 0) is 6.54 Å². The number of ether oxygens (including phenoxy) is 1. The topological polar surface area (TPSA) is 57.8 Å². The van der Waals surface area contributed by atoms with E-state index >= 15 is 0 Å². The Morgan fingerprint density at radius 1 is 0.923 bits per heavy atom. The third-order valence-corrected chi connectivity index (χ3v) is 24.1. The van der Waals surface area contributed by atoms with Crippen molar-refractivity contribution in [3.05, 3.63) is 54.9 Å². The van der Waals surface area contributed by atoms with Crippen LogP contribution in [0.2, 0.25) is 13.3 Å². The van der Waals surface area contributed by atoms with Gasteiger partial charge in [0.1, 0.15) is 0 Å². The molecule has 0 N–H and O–H groups in total. The summed E-state index contributed by atoms with van der Waals surface area (Å²) < 4.78 is 16.7. The molecule has 1 fully saturated rings. The van der Waals surface area contributed by atoms with Crippen LogP contribution >= 0.6 is 0 Å². The van der Waals surface area contributed by atoms with Crippen LogP contribution in [0.4, 0.5) is 0 Å². The van der Waals surface area contributed by atoms with Crippen molar-refractivity contribution >= 4 is 33.0 Å². The molecule has 7 heteroatoms. The Morgan fingerprint density at radius 3 is 2.23 bits per heavy atom. The van der Waals surface area contributed by atoms with E-state index in [9.17, 15) is 0 Å². The van der Waals surface area contributed by atoms with Gasteiger partial charge < -0.3 is 0 Å². The minimum atomic E-state index is -2.66. The molecule has 0 amide bonds. The summed E-state index contributed by atoms with van der Waals surface area (Å²) in [6, 6.07) is 7.75. The summed E-state index contributed by atoms with van der Waals surface area (Å²) in [6.07, 6.45) is 19.9. The molecule has 4 aromatic rings. The Labute approximate surface area is 238 Å². The van der Waals surface area contributed by atoms with Gasteiger partial charge in [-0.2, -0.15) is 0 Å². The molecule has 1 aliphatic carbocycles. The van der Waals surface area contributed by atoms with Crippen molar-refractivity contribution in [2.24, 2.45) is 0 Å². The van der Waals surface area contributed by atoms with E-state index < -0.39 is 18.4 Å². The van der Waals surface area contributed by atoms with E-state index in [4.69, 9.17) is 9.72 Å². The molecule has 0 bridgehead atoms. The number of hydrogen-bond acceptors (Lipinski definition) is 4. The van der Waals surface area contributed by atoms with Crippen molar-refractivity contribution in [3.8, 4) is 17.1 Å². The normalized spacial score (nSPS) is 13.8. The number of aromatic nitrogens is 5. The van der Waals surface area contributed by atoms with Crippen LogP contribution in [0.15, 0.2) is 49.3 Å². The molecule has 1 aliphatic rings. The Hall–Kier alpha value is -2.35. The summed E-state index contributed by atoms with van der Waals surface area (Å²) in [5.74, 6) is 1.98. The average molecular weight is 634 g/mol. The molecule has 6 nitrogen and oxygen atoms in total. The third kappa shape index (κ3) is 6.21. The zero-order valence-electron chi connectivity index (χ0n) is 24.3. The summed E-state index contributed by atoms with van der Waals surface area (Å²) in [4.78, 5) is 14.1. The van der Waals surface area contributed by atoms with Gasteiger partial charge in [0.15, 0.2) is 0 Å². The number of methoxy groups -OCH3 is 1. The van der Waals surface area contributed by atoms with Gasteiger partial charge in [-0.25, -0.2) is 0 Å². The molecule has 0 atom stereocenters. The summed E-state index contributed by atoms with van der Waals surface area (Å²) in [7, 11) is 1.82. The molecule has 0 unspecified atom stereocenters. The van der Waals surface area contributed by atoms with Crippen LogP contribution in [0, 0.1) is 0 Å². The van der Waals surface area contributed by atoms with Crippen molar-refractivity contribution in [1.82, 2.24) is 24.1 Å². The number of pyridine rings is 1. The monoisotopic (exact) mass is 635 g/mol. The second kappa shape index (κ2) is 12.9. The van der Waals surface area contributed by atoms with Gasteiger partial charge in [0.05, 0.1) is 0 Å². The molecule has 39 heavy (non-hydrogen) atoms. The van der Waals surface area contributed by atoms with Gasteiger partial charge in [-0.15, -0.1) is 0 Å². The van der Waals surface area contributed by atoms with Crippen LogP contribution < -0.4 is 8.32 Å². The Bertz CT molecular complexity index is 1340. The van der Waals surface area contributed by atoms with Crippen molar-refractivity contribution in [3.63, 3.8) is 0 Å². The first-order valence-electron chi connectivity index (χ1n) is 15.1. The van der Waals surface area contributed by atoms with E-state index in [-0.39, 0.29) is 0 Å². The van der Waals surface area contributed by atoms with Crippen LogP contribution in [-0.4, -0.2) is 49.6 Å². The molecule has 0 spiro atoms. The van der Waals surface area contributed by atoms with E-state index in [1.807, 2.05) is 38.2 Å². The molecule has 208 valence electrons. The first kappa shape index (κ1) is 28.2. The number of fused-ring (bicyclic) bond motifs is 1. The molecule has 5 rings (SSSR count). The zero-order chi connectivity index (χ0) is 27.2. The number of hydrogen-bond donors (Lipinski definition) is 0. The maximum atomic E-state index is 6.11. The zero-order valence-corrected chi connectivity index (χ0v) is 27.2. The quantitative estimate of drug-likeness (QED) is 0.126. The van der Waals surface area contributed by atoms with Gasteiger partial charge in [-0.3, -0.25) is 0 Å². The molecule has 0 aliphatic heterocycles. The minimum absolute atomic E-state index is 0.508. The molecule has 3 aromatic heterocycles. The van der Waals surface area contributed by atoms with Crippen LogP contribution in [0.3, 0.4) is 0 Å². The first-order chi connectivity index (χ1) is 19.1. The summed E-state index contributed by atoms with van der Waals surface area (Å²) in [5.41, 5.74) is 4.51. The molecule has 1 saturated carbocycles. The number of nitrogens with zero attached hydrogens (tertiary/aromatic N) is 5. The van der Waals surface area contributed by atoms with Crippen LogP contribution in [0.25, 0.3) is 22.4 Å². The first-order valence-corrected chi connectivity index (χ1v) is 22.6. The van der Waals surface area contributed by atoms with Gasteiger partial charge in [-0.05, 0) is 0 Å². The van der Waals surface area contributed by atoms with Crippen molar-refractivity contribution in [1.29, 1.82) is 0 Å². The maximum absolute atomic E-state index is 6.11. The standard InChI is InChI=1S/C20H18N5O.3C4H9.Sn/c1-26-18-4-2-3-17-19(18)23-20(25(17)16-5-6-16)15-9-14(10-22-11-15)12-24-8-7-21-13-24;3*1-3-4-2;/h3-4,7-11,13,16H,5-6,12H2,1H3;3*1,3-4H2,2H3;. The fraction of sp³-hybridized carbons (Fsp3) is 0.531. The van der Waals surface area contributed by atoms with Gasteiger partial charge in [0, 0.05) is 0 Å². The van der Waals surface area contributed by atoms with Crippen molar-refractivity contribution in [2.45, 2.75) is 98.0 Å².